The number of allylic oxidation sites excluding steroid dienone is 4. The molecular formula is C13H13FN2O3. The van der Waals surface area contributed by atoms with Gasteiger partial charge in [-0.05, 0) is 30.5 Å². The molecule has 0 aromatic heterocycles. The molecule has 0 atom stereocenters. The van der Waals surface area contributed by atoms with Crippen LogP contribution in [0.15, 0.2) is 30.1 Å². The van der Waals surface area contributed by atoms with Crippen molar-refractivity contribution < 1.29 is 14.5 Å². The molecular weight excluding hydrogens is 251 g/mol. The predicted molar refractivity (Wildman–Crippen MR) is 69.6 cm³/mol. The van der Waals surface area contributed by atoms with Gasteiger partial charge in [0, 0.05) is 18.1 Å². The molecule has 19 heavy (non-hydrogen) atoms. The highest BCUT2D eigenvalue weighted by Gasteiger charge is 2.20. The zero-order valence-corrected chi connectivity index (χ0v) is 10.3. The molecule has 2 rings (SSSR count). The first-order valence-corrected chi connectivity index (χ1v) is 5.79. The maximum absolute atomic E-state index is 13.8. The van der Waals surface area contributed by atoms with Crippen LogP contribution < -0.4 is 5.48 Å². The first-order chi connectivity index (χ1) is 9.04. The molecule has 0 aliphatic heterocycles. The molecule has 0 radical (unpaired) electrons. The minimum atomic E-state index is -0.611. The van der Waals surface area contributed by atoms with E-state index in [1.54, 1.807) is 19.1 Å². The van der Waals surface area contributed by atoms with Crippen LogP contribution in [0.4, 0.5) is 15.8 Å². The fraction of sp³-hybridized carbons (Fsp3) is 0.231. The number of benzene rings is 1. The molecule has 0 saturated heterocycles. The Labute approximate surface area is 109 Å². The molecule has 6 heteroatoms. The average molecular weight is 264 g/mol. The Balaban J connectivity index is 2.61. The summed E-state index contributed by atoms with van der Waals surface area (Å²) in [7, 11) is 0. The van der Waals surface area contributed by atoms with Gasteiger partial charge in [-0.25, -0.2) is 4.39 Å². The number of nitro benzene ring substituents is 1. The Morgan fingerprint density at radius 3 is 2.79 bits per heavy atom. The summed E-state index contributed by atoms with van der Waals surface area (Å²) in [5.41, 5.74) is 2.84. The molecule has 0 amide bonds. The van der Waals surface area contributed by atoms with Gasteiger partial charge in [-0.3, -0.25) is 20.8 Å². The van der Waals surface area contributed by atoms with Crippen molar-refractivity contribution in [2.45, 2.75) is 19.8 Å². The Kier molecular flexibility index (Phi) is 3.62. The van der Waals surface area contributed by atoms with E-state index in [0.29, 0.717) is 29.5 Å². The van der Waals surface area contributed by atoms with Crippen molar-refractivity contribution in [3.05, 3.63) is 51.4 Å². The summed E-state index contributed by atoms with van der Waals surface area (Å²) in [6.45, 7) is 1.61. The summed E-state index contributed by atoms with van der Waals surface area (Å²) in [5.74, 6) is -0.277. The standard InChI is InChI=1S/C13H13FN2O3/c1-8-6-9(10-4-2-3-5-11(10)14)7-12(16(18)19)13(8)15-17/h2,4,6-7,15,17H,3,5H2,1H3. The highest BCUT2D eigenvalue weighted by Crippen LogP contribution is 2.35. The monoisotopic (exact) mass is 264 g/mol. The van der Waals surface area contributed by atoms with E-state index in [0.717, 1.165) is 0 Å². The van der Waals surface area contributed by atoms with Gasteiger partial charge in [-0.15, -0.1) is 0 Å². The Hall–Kier alpha value is -2.21. The smallest absolute Gasteiger partial charge is 0.291 e. The number of nitrogens with zero attached hydrogens (tertiary/aromatic N) is 1. The van der Waals surface area contributed by atoms with Crippen molar-refractivity contribution in [3.8, 4) is 0 Å². The summed E-state index contributed by atoms with van der Waals surface area (Å²) in [4.78, 5) is 10.4. The van der Waals surface area contributed by atoms with Gasteiger partial charge < -0.3 is 0 Å². The van der Waals surface area contributed by atoms with Crippen LogP contribution >= 0.6 is 0 Å². The number of nitrogens with one attached hydrogen (secondary N) is 1. The molecule has 0 fully saturated rings. The molecule has 0 saturated carbocycles. The number of anilines is 1. The Bertz CT molecular complexity index is 594. The second-order valence-electron chi connectivity index (χ2n) is 4.32. The zero-order chi connectivity index (χ0) is 14.0. The van der Waals surface area contributed by atoms with Crippen molar-refractivity contribution in [1.29, 1.82) is 0 Å². The fourth-order valence-corrected chi connectivity index (χ4v) is 2.10. The van der Waals surface area contributed by atoms with Gasteiger partial charge >= 0.3 is 0 Å². The fourth-order valence-electron chi connectivity index (χ4n) is 2.10. The lowest BCUT2D eigenvalue weighted by molar-refractivity contribution is -0.384. The van der Waals surface area contributed by atoms with Crippen molar-refractivity contribution in [3.63, 3.8) is 0 Å². The van der Waals surface area contributed by atoms with E-state index in [-0.39, 0.29) is 17.2 Å². The van der Waals surface area contributed by atoms with Crippen LogP contribution in [0.5, 0.6) is 0 Å². The highest BCUT2D eigenvalue weighted by atomic mass is 19.1. The van der Waals surface area contributed by atoms with Crippen molar-refractivity contribution in [2.75, 3.05) is 5.48 Å². The van der Waals surface area contributed by atoms with Crippen molar-refractivity contribution in [2.24, 2.45) is 0 Å². The first kappa shape index (κ1) is 13.2. The van der Waals surface area contributed by atoms with Gasteiger partial charge in [0.25, 0.3) is 5.69 Å². The van der Waals surface area contributed by atoms with Crippen LogP contribution in [0.3, 0.4) is 0 Å². The van der Waals surface area contributed by atoms with Crippen LogP contribution in [-0.2, 0) is 0 Å². The molecule has 2 N–H and O–H groups in total. The van der Waals surface area contributed by atoms with Crippen LogP contribution in [0.1, 0.15) is 24.0 Å². The number of hydrogen-bond acceptors (Lipinski definition) is 4. The summed E-state index contributed by atoms with van der Waals surface area (Å²) < 4.78 is 13.8. The lowest BCUT2D eigenvalue weighted by Gasteiger charge is -2.12. The molecule has 1 aliphatic carbocycles. The Morgan fingerprint density at radius 2 is 2.21 bits per heavy atom. The summed E-state index contributed by atoms with van der Waals surface area (Å²) in [5, 5.41) is 19.9. The maximum atomic E-state index is 13.8. The Morgan fingerprint density at radius 1 is 1.47 bits per heavy atom. The van der Waals surface area contributed by atoms with Gasteiger partial charge in [0.1, 0.15) is 11.5 Å². The molecule has 5 nitrogen and oxygen atoms in total. The summed E-state index contributed by atoms with van der Waals surface area (Å²) in [6.07, 6.45) is 4.40. The summed E-state index contributed by atoms with van der Waals surface area (Å²) >= 11 is 0. The molecule has 0 unspecified atom stereocenters. The minimum Gasteiger partial charge on any atom is -0.291 e. The van der Waals surface area contributed by atoms with E-state index in [4.69, 9.17) is 5.21 Å². The highest BCUT2D eigenvalue weighted by molar-refractivity contribution is 5.81. The van der Waals surface area contributed by atoms with E-state index in [9.17, 15) is 14.5 Å². The van der Waals surface area contributed by atoms with E-state index >= 15 is 0 Å². The van der Waals surface area contributed by atoms with Crippen LogP contribution in [-0.4, -0.2) is 10.1 Å². The number of rotatable bonds is 3. The zero-order valence-electron chi connectivity index (χ0n) is 10.3. The van der Waals surface area contributed by atoms with E-state index < -0.39 is 4.92 Å². The quantitative estimate of drug-likeness (QED) is 0.644. The second kappa shape index (κ2) is 5.19. The van der Waals surface area contributed by atoms with Gasteiger partial charge in [-0.1, -0.05) is 12.2 Å². The van der Waals surface area contributed by atoms with Crippen LogP contribution in [0.2, 0.25) is 0 Å². The predicted octanol–water partition coefficient (Wildman–Crippen LogP) is 3.73. The van der Waals surface area contributed by atoms with E-state index in [1.165, 1.54) is 6.07 Å². The van der Waals surface area contributed by atoms with E-state index in [1.807, 2.05) is 11.6 Å². The number of halogens is 1. The third kappa shape index (κ3) is 2.48. The topological polar surface area (TPSA) is 75.4 Å². The number of hydrogen-bond donors (Lipinski definition) is 2. The molecule has 1 aliphatic rings. The SMILES string of the molecule is Cc1cc(C2=C(F)CCC=C2)cc([N+](=O)[O-])c1NO. The van der Waals surface area contributed by atoms with Crippen molar-refractivity contribution in [1.82, 2.24) is 0 Å². The van der Waals surface area contributed by atoms with E-state index in [2.05, 4.69) is 0 Å². The van der Waals surface area contributed by atoms with Crippen LogP contribution in [0, 0.1) is 17.0 Å². The average Bonchev–Trinajstić information content (AvgIpc) is 2.38. The first-order valence-electron chi connectivity index (χ1n) is 5.79. The molecule has 0 bridgehead atoms. The molecule has 100 valence electrons. The molecule has 1 aromatic carbocycles. The minimum absolute atomic E-state index is 0.0227. The van der Waals surface area contributed by atoms with Gasteiger partial charge in [0.15, 0.2) is 0 Å². The summed E-state index contributed by atoms with van der Waals surface area (Å²) in [6, 6.07) is 2.87. The molecule has 1 aromatic rings. The third-order valence-corrected chi connectivity index (χ3v) is 3.04. The lowest BCUT2D eigenvalue weighted by atomic mass is 9.96. The largest absolute Gasteiger partial charge is 0.295 e. The van der Waals surface area contributed by atoms with Crippen LogP contribution in [0.25, 0.3) is 5.57 Å². The van der Waals surface area contributed by atoms with Gasteiger partial charge in [-0.2, -0.15) is 0 Å². The van der Waals surface area contributed by atoms with Gasteiger partial charge in [0.05, 0.1) is 4.92 Å². The normalized spacial score (nSPS) is 14.7. The number of nitro groups is 1. The lowest BCUT2D eigenvalue weighted by Crippen LogP contribution is -2.01. The third-order valence-electron chi connectivity index (χ3n) is 3.04. The maximum Gasteiger partial charge on any atom is 0.295 e. The molecule has 0 spiro atoms. The molecule has 0 heterocycles. The number of aryl methyl sites for hydroxylation is 1. The van der Waals surface area contributed by atoms with Gasteiger partial charge in [0.2, 0.25) is 0 Å². The van der Waals surface area contributed by atoms with Crippen molar-refractivity contribution >= 4 is 16.9 Å². The second-order valence-corrected chi connectivity index (χ2v) is 4.32.